The second-order valence-corrected chi connectivity index (χ2v) is 15.2. The first-order chi connectivity index (χ1) is 28.0. The van der Waals surface area contributed by atoms with Crippen LogP contribution in [0.4, 0.5) is 48.7 Å². The molecule has 61 heavy (non-hydrogen) atoms. The average molecular weight is 925 g/mol. The van der Waals surface area contributed by atoms with Crippen LogP contribution in [-0.4, -0.2) is 88.5 Å². The van der Waals surface area contributed by atoms with Gasteiger partial charge in [-0.2, -0.15) is 31.4 Å². The van der Waals surface area contributed by atoms with Crippen LogP contribution in [0.3, 0.4) is 0 Å². The molecule has 0 radical (unpaired) electrons. The van der Waals surface area contributed by atoms with Gasteiger partial charge in [-0.3, -0.25) is 9.69 Å². The van der Waals surface area contributed by atoms with Gasteiger partial charge in [0, 0.05) is 41.4 Å². The molecule has 1 aliphatic carbocycles. The fourth-order valence-corrected chi connectivity index (χ4v) is 5.77. The van der Waals surface area contributed by atoms with E-state index in [-0.39, 0.29) is 47.4 Å². The highest BCUT2D eigenvalue weighted by Crippen LogP contribution is 2.55. The third-order valence-corrected chi connectivity index (χ3v) is 9.09. The minimum atomic E-state index is -6.69. The molecule has 1 heterocycles. The summed E-state index contributed by atoms with van der Waals surface area (Å²) in [6.07, 6.45) is -15.7. The Morgan fingerprint density at radius 2 is 1.43 bits per heavy atom. The number of hydrogen-bond donors (Lipinski definition) is 0. The van der Waals surface area contributed by atoms with Crippen LogP contribution < -0.4 is 4.74 Å². The van der Waals surface area contributed by atoms with E-state index in [0.717, 1.165) is 24.5 Å². The van der Waals surface area contributed by atoms with Gasteiger partial charge < -0.3 is 23.7 Å². The molecule has 334 valence electrons. The van der Waals surface area contributed by atoms with Crippen molar-refractivity contribution in [3.63, 3.8) is 0 Å². The smallest absolute Gasteiger partial charge is 0.462 e. The maximum atomic E-state index is 14.8. The Morgan fingerprint density at radius 3 is 2.00 bits per heavy atom. The van der Waals surface area contributed by atoms with E-state index < -0.39 is 94.3 Å². The van der Waals surface area contributed by atoms with Crippen LogP contribution in [0, 0.1) is 0 Å². The van der Waals surface area contributed by atoms with Crippen molar-refractivity contribution < 1.29 is 86.8 Å². The molecule has 2 aromatic carbocycles. The molecule has 1 amide bonds. The van der Waals surface area contributed by atoms with Crippen LogP contribution in [0.15, 0.2) is 54.9 Å². The zero-order valence-corrected chi connectivity index (χ0v) is 33.5. The van der Waals surface area contributed by atoms with Gasteiger partial charge >= 0.3 is 42.5 Å². The molecular weight excluding hydrogens is 891 g/mol. The molecule has 0 bridgehead atoms. The van der Waals surface area contributed by atoms with Gasteiger partial charge in [0.05, 0.1) is 35.0 Å². The molecule has 0 aliphatic heterocycles. The van der Waals surface area contributed by atoms with Crippen molar-refractivity contribution in [1.29, 1.82) is 0 Å². The highest BCUT2D eigenvalue weighted by Gasteiger charge is 2.73. The lowest BCUT2D eigenvalue weighted by atomic mass is 9.93. The van der Waals surface area contributed by atoms with Gasteiger partial charge in [0.1, 0.15) is 11.3 Å². The minimum absolute atomic E-state index is 0.0111. The first-order valence-corrected chi connectivity index (χ1v) is 18.2. The molecule has 4 rings (SSSR count). The van der Waals surface area contributed by atoms with Crippen LogP contribution in [0.25, 0.3) is 16.8 Å². The zero-order valence-electron chi connectivity index (χ0n) is 32.0. The summed E-state index contributed by atoms with van der Waals surface area (Å²) < 4.78 is 160. The van der Waals surface area contributed by atoms with Gasteiger partial charge in [0.2, 0.25) is 0 Å². The molecule has 0 unspecified atom stereocenters. The molecule has 0 saturated heterocycles. The summed E-state index contributed by atoms with van der Waals surface area (Å²) in [6.45, 7) is 5.50. The van der Waals surface area contributed by atoms with E-state index in [1.54, 1.807) is 27.7 Å². The first kappa shape index (κ1) is 48.4. The molecule has 3 aromatic rings. The third-order valence-electron chi connectivity index (χ3n) is 8.47. The fraction of sp³-hybridized carbons (Fsp3) is 0.432. The van der Waals surface area contributed by atoms with E-state index in [4.69, 9.17) is 42.1 Å². The predicted octanol–water partition coefficient (Wildman–Crippen LogP) is 9.97. The van der Waals surface area contributed by atoms with E-state index in [2.05, 4.69) is 9.84 Å². The molecule has 0 atom stereocenters. The predicted molar refractivity (Wildman–Crippen MR) is 192 cm³/mol. The van der Waals surface area contributed by atoms with Crippen molar-refractivity contribution in [3.05, 3.63) is 76.0 Å². The summed E-state index contributed by atoms with van der Waals surface area (Å²) in [4.78, 5) is 50.8. The van der Waals surface area contributed by atoms with E-state index in [1.165, 1.54) is 23.1 Å². The molecule has 1 aliphatic rings. The number of rotatable bonds is 14. The number of ether oxygens (including phenoxy) is 5. The Balaban J connectivity index is 1.49. The molecule has 1 fully saturated rings. The SMILES string of the molecule is CC(C)(C)OC(=O)/C=C/C(=O)OCCCOC(=O)OCN(C(=O)c1cc(-c2cnn(-c3c(Cl)cc(C(F)(C(F)(F)F)C(F)(F)F)cc3OC(F)(F)F)c2)ccc1Cl)C1(C)CC1. The minimum Gasteiger partial charge on any atom is -0.462 e. The number of carbonyl (C=O) groups is 4. The van der Waals surface area contributed by atoms with Crippen molar-refractivity contribution in [3.8, 4) is 22.6 Å². The van der Waals surface area contributed by atoms with Gasteiger partial charge in [-0.1, -0.05) is 29.3 Å². The first-order valence-electron chi connectivity index (χ1n) is 17.4. The zero-order chi connectivity index (χ0) is 45.9. The van der Waals surface area contributed by atoms with Gasteiger partial charge in [-0.25, -0.2) is 23.5 Å². The van der Waals surface area contributed by atoms with Crippen molar-refractivity contribution >= 4 is 47.2 Å². The van der Waals surface area contributed by atoms with Crippen molar-refractivity contribution in [2.45, 2.75) is 82.5 Å². The molecular formula is C37H33Cl2F10N3O9. The number of alkyl halides is 10. The van der Waals surface area contributed by atoms with E-state index >= 15 is 0 Å². The lowest BCUT2D eigenvalue weighted by Crippen LogP contribution is -2.50. The van der Waals surface area contributed by atoms with Gasteiger partial charge in [-0.15, -0.1) is 13.2 Å². The Kier molecular flexibility index (Phi) is 14.3. The standard InChI is InChI=1S/C37H33Cl2F10N3O9/c1-32(2,3)61-28(54)9-8-27(53)57-12-5-13-58-31(56)59-19-51(33(4)10-11-33)30(55)23-14-20(6-7-24(23)38)21-17-50-52(18-21)29-25(39)15-22(16-26(29)60-37(47,48)49)34(40,35(41,42)43)36(44,45)46/h6-9,14-18H,5,10-13,19H2,1-4H3/b9-8+. The largest absolute Gasteiger partial charge is 0.573 e. The van der Waals surface area contributed by atoms with Crippen LogP contribution in [0.2, 0.25) is 10.0 Å². The normalized spacial score (nSPS) is 14.4. The summed E-state index contributed by atoms with van der Waals surface area (Å²) in [7, 11) is 0. The number of aromatic nitrogens is 2. The molecule has 0 spiro atoms. The Bertz CT molecular complexity index is 2150. The highest BCUT2D eigenvalue weighted by molar-refractivity contribution is 6.34. The van der Waals surface area contributed by atoms with Crippen LogP contribution in [-0.2, 0) is 34.2 Å². The van der Waals surface area contributed by atoms with Crippen LogP contribution in [0.5, 0.6) is 5.75 Å². The fourth-order valence-electron chi connectivity index (χ4n) is 5.27. The lowest BCUT2D eigenvalue weighted by molar-refractivity contribution is -0.348. The summed E-state index contributed by atoms with van der Waals surface area (Å²) >= 11 is 12.3. The average Bonchev–Trinajstić information content (AvgIpc) is 3.67. The number of carbonyl (C=O) groups excluding carboxylic acids is 4. The molecule has 24 heteroatoms. The Hall–Kier alpha value is -5.25. The number of esters is 2. The van der Waals surface area contributed by atoms with E-state index in [1.807, 2.05) is 0 Å². The number of benzene rings is 2. The molecule has 1 saturated carbocycles. The van der Waals surface area contributed by atoms with Crippen molar-refractivity contribution in [1.82, 2.24) is 14.7 Å². The van der Waals surface area contributed by atoms with Crippen molar-refractivity contribution in [2.75, 3.05) is 19.9 Å². The van der Waals surface area contributed by atoms with Gasteiger partial charge in [-0.05, 0) is 70.4 Å². The highest BCUT2D eigenvalue weighted by atomic mass is 35.5. The second-order valence-electron chi connectivity index (χ2n) is 14.4. The van der Waals surface area contributed by atoms with Crippen molar-refractivity contribution in [2.24, 2.45) is 0 Å². The summed E-state index contributed by atoms with van der Waals surface area (Å²) in [5.41, 5.74) is -11.2. The summed E-state index contributed by atoms with van der Waals surface area (Å²) in [6, 6.07) is 3.18. The molecule has 0 N–H and O–H groups in total. The summed E-state index contributed by atoms with van der Waals surface area (Å²) in [5, 5.41) is 2.44. The van der Waals surface area contributed by atoms with E-state index in [9.17, 15) is 63.1 Å². The second kappa shape index (κ2) is 18.0. The monoisotopic (exact) mass is 923 g/mol. The van der Waals surface area contributed by atoms with Gasteiger partial charge in [0.15, 0.2) is 12.5 Å². The number of hydrogen-bond acceptors (Lipinski definition) is 10. The Labute approximate surface area is 349 Å². The van der Waals surface area contributed by atoms with Gasteiger partial charge in [0.25, 0.3) is 5.91 Å². The molecule has 12 nitrogen and oxygen atoms in total. The summed E-state index contributed by atoms with van der Waals surface area (Å²) in [5.74, 6) is -4.15. The lowest BCUT2D eigenvalue weighted by Gasteiger charge is -2.31. The number of nitrogens with zero attached hydrogens (tertiary/aromatic N) is 3. The van der Waals surface area contributed by atoms with Crippen LogP contribution >= 0.6 is 23.2 Å². The maximum absolute atomic E-state index is 14.8. The Morgan fingerprint density at radius 1 is 0.820 bits per heavy atom. The number of amides is 1. The van der Waals surface area contributed by atoms with Crippen LogP contribution in [0.1, 0.15) is 62.9 Å². The maximum Gasteiger partial charge on any atom is 0.573 e. The molecule has 1 aromatic heterocycles. The number of halogens is 12. The quantitative estimate of drug-likeness (QED) is 0.0384. The third kappa shape index (κ3) is 12.2. The van der Waals surface area contributed by atoms with E-state index in [0.29, 0.717) is 17.5 Å². The topological polar surface area (TPSA) is 135 Å².